The monoisotopic (exact) mass is 361 g/mol. The Kier molecular flexibility index (Phi) is 4.38. The molecule has 3 rings (SSSR count). The van der Waals surface area contributed by atoms with E-state index in [2.05, 4.69) is 4.98 Å². The van der Waals surface area contributed by atoms with Gasteiger partial charge in [0.1, 0.15) is 5.75 Å². The molecule has 0 radical (unpaired) electrons. The van der Waals surface area contributed by atoms with Crippen molar-refractivity contribution in [2.24, 2.45) is 0 Å². The number of carboxylic acid groups (broad SMARTS) is 1. The molecule has 3 aromatic rings. The SMILES string of the molecule is O=C(Oc1cc(C(=O)O)nc2cc(Cl)cc(Cl)c12)c1ccccc1. The Bertz CT molecular complexity index is 958. The number of benzene rings is 2. The predicted molar refractivity (Wildman–Crippen MR) is 90.1 cm³/mol. The Labute approximate surface area is 146 Å². The number of hydrogen-bond acceptors (Lipinski definition) is 4. The summed E-state index contributed by atoms with van der Waals surface area (Å²) in [7, 11) is 0. The first kappa shape index (κ1) is 16.2. The van der Waals surface area contributed by atoms with Crippen molar-refractivity contribution >= 4 is 46.0 Å². The van der Waals surface area contributed by atoms with Gasteiger partial charge in [-0.2, -0.15) is 0 Å². The minimum absolute atomic E-state index is 0.00733. The first-order valence-corrected chi connectivity index (χ1v) is 7.51. The highest BCUT2D eigenvalue weighted by Gasteiger charge is 2.18. The van der Waals surface area contributed by atoms with E-state index in [-0.39, 0.29) is 22.0 Å². The number of halogens is 2. The van der Waals surface area contributed by atoms with Gasteiger partial charge in [0.2, 0.25) is 0 Å². The van der Waals surface area contributed by atoms with Crippen LogP contribution in [0.25, 0.3) is 10.9 Å². The molecule has 1 N–H and O–H groups in total. The number of aromatic nitrogens is 1. The molecule has 0 aliphatic carbocycles. The normalized spacial score (nSPS) is 10.6. The van der Waals surface area contributed by atoms with Gasteiger partial charge in [0.05, 0.1) is 21.5 Å². The lowest BCUT2D eigenvalue weighted by atomic mass is 10.1. The fourth-order valence-corrected chi connectivity index (χ4v) is 2.75. The van der Waals surface area contributed by atoms with Crippen LogP contribution in [0.4, 0.5) is 0 Å². The standard InChI is InChI=1S/C17H9Cl2NO4/c18-10-6-11(19)15-12(7-10)20-13(16(21)22)8-14(15)24-17(23)9-4-2-1-3-5-9/h1-8H,(H,21,22). The number of nitrogens with zero attached hydrogens (tertiary/aromatic N) is 1. The summed E-state index contributed by atoms with van der Waals surface area (Å²) in [6.07, 6.45) is 0. The molecule has 24 heavy (non-hydrogen) atoms. The fourth-order valence-electron chi connectivity index (χ4n) is 2.17. The molecule has 0 saturated heterocycles. The zero-order chi connectivity index (χ0) is 17.3. The van der Waals surface area contributed by atoms with Crippen molar-refractivity contribution in [2.45, 2.75) is 0 Å². The molecule has 0 aliphatic heterocycles. The Hall–Kier alpha value is -2.63. The highest BCUT2D eigenvalue weighted by Crippen LogP contribution is 2.35. The third kappa shape index (κ3) is 3.18. The van der Waals surface area contributed by atoms with E-state index in [0.29, 0.717) is 16.0 Å². The van der Waals surface area contributed by atoms with Crippen molar-refractivity contribution < 1.29 is 19.4 Å². The lowest BCUT2D eigenvalue weighted by Crippen LogP contribution is -2.10. The zero-order valence-corrected chi connectivity index (χ0v) is 13.5. The summed E-state index contributed by atoms with van der Waals surface area (Å²) in [5, 5.41) is 10.0. The summed E-state index contributed by atoms with van der Waals surface area (Å²) in [5.74, 6) is -1.89. The number of fused-ring (bicyclic) bond motifs is 1. The summed E-state index contributed by atoms with van der Waals surface area (Å²) < 4.78 is 5.36. The van der Waals surface area contributed by atoms with Gasteiger partial charge < -0.3 is 9.84 Å². The Morgan fingerprint density at radius 1 is 1.04 bits per heavy atom. The van der Waals surface area contributed by atoms with Gasteiger partial charge in [-0.25, -0.2) is 14.6 Å². The maximum Gasteiger partial charge on any atom is 0.354 e. The van der Waals surface area contributed by atoms with Crippen molar-refractivity contribution in [1.29, 1.82) is 0 Å². The maximum absolute atomic E-state index is 12.3. The maximum atomic E-state index is 12.3. The second-order valence-corrected chi connectivity index (χ2v) is 5.69. The molecule has 0 bridgehead atoms. The van der Waals surface area contributed by atoms with Crippen LogP contribution in [0.2, 0.25) is 10.0 Å². The summed E-state index contributed by atoms with van der Waals surface area (Å²) in [6, 6.07) is 12.4. The molecule has 7 heteroatoms. The Balaban J connectivity index is 2.15. The number of esters is 1. The number of aromatic carboxylic acids is 1. The number of carbonyl (C=O) groups excluding carboxylic acids is 1. The van der Waals surface area contributed by atoms with E-state index in [9.17, 15) is 14.7 Å². The van der Waals surface area contributed by atoms with Gasteiger partial charge in [-0.15, -0.1) is 0 Å². The second kappa shape index (κ2) is 6.47. The highest BCUT2D eigenvalue weighted by atomic mass is 35.5. The van der Waals surface area contributed by atoms with Crippen molar-refractivity contribution in [3.63, 3.8) is 0 Å². The largest absolute Gasteiger partial charge is 0.477 e. The van der Waals surface area contributed by atoms with Crippen molar-refractivity contribution in [3.05, 3.63) is 69.8 Å². The minimum Gasteiger partial charge on any atom is -0.477 e. The highest BCUT2D eigenvalue weighted by molar-refractivity contribution is 6.39. The average Bonchev–Trinajstić information content (AvgIpc) is 2.54. The predicted octanol–water partition coefficient (Wildman–Crippen LogP) is 4.46. The number of pyridine rings is 1. The summed E-state index contributed by atoms with van der Waals surface area (Å²) in [6.45, 7) is 0. The van der Waals surface area contributed by atoms with Crippen LogP contribution in [0.15, 0.2) is 48.5 Å². The van der Waals surface area contributed by atoms with E-state index in [0.717, 1.165) is 6.07 Å². The fraction of sp³-hybridized carbons (Fsp3) is 0. The second-order valence-electron chi connectivity index (χ2n) is 4.85. The van der Waals surface area contributed by atoms with Crippen molar-refractivity contribution in [2.75, 3.05) is 0 Å². The van der Waals surface area contributed by atoms with Gasteiger partial charge in [-0.1, -0.05) is 41.4 Å². The smallest absolute Gasteiger partial charge is 0.354 e. The molecule has 0 saturated carbocycles. The molecule has 0 amide bonds. The minimum atomic E-state index is -1.26. The van der Waals surface area contributed by atoms with E-state index in [1.54, 1.807) is 30.3 Å². The average molecular weight is 362 g/mol. The molecule has 120 valence electrons. The quantitative estimate of drug-likeness (QED) is 0.696. The van der Waals surface area contributed by atoms with Crippen molar-refractivity contribution in [3.8, 4) is 5.75 Å². The van der Waals surface area contributed by atoms with E-state index in [1.165, 1.54) is 12.1 Å². The van der Waals surface area contributed by atoms with Crippen LogP contribution in [0.5, 0.6) is 5.75 Å². The lowest BCUT2D eigenvalue weighted by Gasteiger charge is -2.10. The van der Waals surface area contributed by atoms with E-state index in [1.807, 2.05) is 0 Å². The van der Waals surface area contributed by atoms with Crippen LogP contribution in [0, 0.1) is 0 Å². The van der Waals surface area contributed by atoms with Gasteiger partial charge in [-0.3, -0.25) is 0 Å². The number of carbonyl (C=O) groups is 2. The van der Waals surface area contributed by atoms with Crippen LogP contribution in [-0.4, -0.2) is 22.0 Å². The van der Waals surface area contributed by atoms with Gasteiger partial charge >= 0.3 is 11.9 Å². The van der Waals surface area contributed by atoms with Crippen LogP contribution < -0.4 is 4.74 Å². The van der Waals surface area contributed by atoms with Gasteiger partial charge in [0, 0.05) is 11.1 Å². The molecule has 0 atom stereocenters. The van der Waals surface area contributed by atoms with Crippen LogP contribution in [-0.2, 0) is 0 Å². The van der Waals surface area contributed by atoms with Gasteiger partial charge in [-0.05, 0) is 24.3 Å². The molecule has 0 aliphatic rings. The van der Waals surface area contributed by atoms with Crippen LogP contribution in [0.3, 0.4) is 0 Å². The molecule has 1 heterocycles. The molecular formula is C17H9Cl2NO4. The topological polar surface area (TPSA) is 76.5 Å². The summed E-state index contributed by atoms with van der Waals surface area (Å²) >= 11 is 12.1. The molecule has 5 nitrogen and oxygen atoms in total. The number of rotatable bonds is 3. The zero-order valence-electron chi connectivity index (χ0n) is 12.0. The van der Waals surface area contributed by atoms with Crippen molar-refractivity contribution in [1.82, 2.24) is 4.98 Å². The number of ether oxygens (including phenoxy) is 1. The first-order valence-electron chi connectivity index (χ1n) is 6.76. The lowest BCUT2D eigenvalue weighted by molar-refractivity contribution is 0.0682. The number of carboxylic acids is 1. The van der Waals surface area contributed by atoms with E-state index < -0.39 is 11.9 Å². The molecule has 0 unspecified atom stereocenters. The summed E-state index contributed by atoms with van der Waals surface area (Å²) in [5.41, 5.74) is 0.268. The molecule has 0 spiro atoms. The number of hydrogen-bond donors (Lipinski definition) is 1. The van der Waals surface area contributed by atoms with Gasteiger partial charge in [0.25, 0.3) is 0 Å². The molecule has 0 fully saturated rings. The first-order chi connectivity index (χ1) is 11.5. The van der Waals surface area contributed by atoms with E-state index in [4.69, 9.17) is 27.9 Å². The van der Waals surface area contributed by atoms with Crippen LogP contribution in [0.1, 0.15) is 20.8 Å². The Morgan fingerprint density at radius 2 is 1.75 bits per heavy atom. The summed E-state index contributed by atoms with van der Waals surface area (Å²) in [4.78, 5) is 27.5. The van der Waals surface area contributed by atoms with E-state index >= 15 is 0 Å². The third-order valence-electron chi connectivity index (χ3n) is 3.22. The molecule has 1 aromatic heterocycles. The molecular weight excluding hydrogens is 353 g/mol. The van der Waals surface area contributed by atoms with Gasteiger partial charge in [0.15, 0.2) is 5.69 Å². The molecule has 2 aromatic carbocycles. The van der Waals surface area contributed by atoms with Crippen LogP contribution >= 0.6 is 23.2 Å². The Morgan fingerprint density at radius 3 is 2.42 bits per heavy atom. The third-order valence-corrected chi connectivity index (χ3v) is 3.74.